The van der Waals surface area contributed by atoms with Crippen LogP contribution in [0.1, 0.15) is 37.3 Å². The lowest BCUT2D eigenvalue weighted by atomic mass is 10.2. The van der Waals surface area contributed by atoms with Crippen molar-refractivity contribution in [2.75, 3.05) is 10.2 Å². The monoisotopic (exact) mass is 332 g/mol. The van der Waals surface area contributed by atoms with E-state index in [1.165, 1.54) is 11.1 Å². The summed E-state index contributed by atoms with van der Waals surface area (Å²) in [5.41, 5.74) is 1.94. The van der Waals surface area contributed by atoms with Crippen LogP contribution in [0.2, 0.25) is 0 Å². The number of nitrogens with one attached hydrogen (secondary N) is 1. The molecule has 7 heteroatoms. The molecule has 1 aliphatic heterocycles. The smallest absolute Gasteiger partial charge is 0.276 e. The van der Waals surface area contributed by atoms with E-state index in [2.05, 4.69) is 10.4 Å². The second kappa shape index (κ2) is 5.70. The number of benzene rings is 1. The molecule has 120 valence electrons. The minimum atomic E-state index is -0.730. The van der Waals surface area contributed by atoms with Crippen LogP contribution in [0.25, 0.3) is 0 Å². The maximum atomic E-state index is 12.7. The lowest BCUT2D eigenvalue weighted by molar-refractivity contribution is -0.117. The first-order valence-corrected chi connectivity index (χ1v) is 7.81. The third-order valence-electron chi connectivity index (χ3n) is 3.68. The summed E-state index contributed by atoms with van der Waals surface area (Å²) in [5, 5.41) is 6.39. The molecule has 23 heavy (non-hydrogen) atoms. The van der Waals surface area contributed by atoms with Gasteiger partial charge in [-0.1, -0.05) is 12.1 Å². The Morgan fingerprint density at radius 1 is 1.22 bits per heavy atom. The maximum Gasteiger partial charge on any atom is 0.276 e. The number of carbonyl (C=O) groups is 2. The van der Waals surface area contributed by atoms with Crippen LogP contribution in [-0.4, -0.2) is 27.0 Å². The lowest BCUT2D eigenvalue weighted by Gasteiger charge is -2.23. The lowest BCUT2D eigenvalue weighted by Crippen LogP contribution is -2.32. The van der Waals surface area contributed by atoms with E-state index in [9.17, 15) is 9.59 Å². The Morgan fingerprint density at radius 3 is 2.57 bits per heavy atom. The van der Waals surface area contributed by atoms with Gasteiger partial charge in [0.05, 0.1) is 17.6 Å². The van der Waals surface area contributed by atoms with Gasteiger partial charge in [0.1, 0.15) is 11.1 Å². The highest BCUT2D eigenvalue weighted by molar-refractivity contribution is 6.34. The SMILES string of the molecule is CC(Cl)C(=O)N1c2ccccc2NC(=O)c2c1cnn2C(C)C. The van der Waals surface area contributed by atoms with E-state index in [1.54, 1.807) is 29.8 Å². The van der Waals surface area contributed by atoms with Crippen molar-refractivity contribution in [3.63, 3.8) is 0 Å². The first-order chi connectivity index (χ1) is 10.9. The molecular formula is C16H17ClN4O2. The van der Waals surface area contributed by atoms with E-state index in [1.807, 2.05) is 19.9 Å². The number of halogens is 1. The normalized spacial score (nSPS) is 14.8. The van der Waals surface area contributed by atoms with Crippen molar-refractivity contribution in [3.05, 3.63) is 36.2 Å². The van der Waals surface area contributed by atoms with Gasteiger partial charge in [0, 0.05) is 6.04 Å². The van der Waals surface area contributed by atoms with E-state index < -0.39 is 5.38 Å². The molecule has 1 aromatic carbocycles. The topological polar surface area (TPSA) is 67.2 Å². The number of carbonyl (C=O) groups excluding carboxylic acids is 2. The maximum absolute atomic E-state index is 12.7. The minimum Gasteiger partial charge on any atom is -0.319 e. The summed E-state index contributed by atoms with van der Waals surface area (Å²) >= 11 is 6.03. The van der Waals surface area contributed by atoms with Crippen molar-refractivity contribution in [2.45, 2.75) is 32.2 Å². The fourth-order valence-electron chi connectivity index (χ4n) is 2.63. The van der Waals surface area contributed by atoms with Gasteiger partial charge in [-0.2, -0.15) is 5.10 Å². The first kappa shape index (κ1) is 15.6. The molecule has 1 atom stereocenters. The number of fused-ring (bicyclic) bond motifs is 2. The number of amides is 2. The standard InChI is InChI=1S/C16H17ClN4O2/c1-9(2)21-14-13(8-18-21)20(16(23)10(3)17)12-7-5-4-6-11(12)19-15(14)22/h4-10H,1-3H3,(H,19,22). The van der Waals surface area contributed by atoms with Crippen LogP contribution < -0.4 is 10.2 Å². The van der Waals surface area contributed by atoms with E-state index in [4.69, 9.17) is 11.6 Å². The number of para-hydroxylation sites is 2. The molecule has 2 amide bonds. The molecule has 0 radical (unpaired) electrons. The summed E-state index contributed by atoms with van der Waals surface area (Å²) in [5.74, 6) is -0.601. The Kier molecular flexibility index (Phi) is 3.85. The average molecular weight is 333 g/mol. The molecule has 0 fully saturated rings. The molecule has 3 rings (SSSR count). The quantitative estimate of drug-likeness (QED) is 0.858. The minimum absolute atomic E-state index is 0.0175. The van der Waals surface area contributed by atoms with Crippen LogP contribution in [0.3, 0.4) is 0 Å². The number of nitrogens with zero attached hydrogens (tertiary/aromatic N) is 3. The second-order valence-corrected chi connectivity index (χ2v) is 6.33. The molecule has 1 aromatic heterocycles. The number of anilines is 3. The van der Waals surface area contributed by atoms with Gasteiger partial charge in [0.25, 0.3) is 5.91 Å². The van der Waals surface area contributed by atoms with Gasteiger partial charge in [-0.05, 0) is 32.9 Å². The Bertz CT molecular complexity index is 782. The Labute approximate surface area is 139 Å². The summed E-state index contributed by atoms with van der Waals surface area (Å²) < 4.78 is 1.61. The highest BCUT2D eigenvalue weighted by atomic mass is 35.5. The summed E-state index contributed by atoms with van der Waals surface area (Å²) in [6.45, 7) is 5.46. The summed E-state index contributed by atoms with van der Waals surface area (Å²) in [7, 11) is 0. The van der Waals surface area contributed by atoms with Crippen molar-refractivity contribution in [1.29, 1.82) is 0 Å². The first-order valence-electron chi connectivity index (χ1n) is 7.37. The molecule has 0 aliphatic carbocycles. The molecule has 0 saturated carbocycles. The number of rotatable bonds is 2. The number of aromatic nitrogens is 2. The van der Waals surface area contributed by atoms with Gasteiger partial charge in [0.2, 0.25) is 5.91 Å². The zero-order valence-electron chi connectivity index (χ0n) is 13.1. The highest BCUT2D eigenvalue weighted by Crippen LogP contribution is 2.39. The largest absolute Gasteiger partial charge is 0.319 e. The molecule has 2 heterocycles. The molecule has 1 unspecified atom stereocenters. The Balaban J connectivity index is 2.28. The van der Waals surface area contributed by atoms with Gasteiger partial charge in [-0.3, -0.25) is 19.2 Å². The summed E-state index contributed by atoms with van der Waals surface area (Å²) in [6.07, 6.45) is 1.54. The van der Waals surface area contributed by atoms with Crippen LogP contribution in [0.5, 0.6) is 0 Å². The third-order valence-corrected chi connectivity index (χ3v) is 3.86. The van der Waals surface area contributed by atoms with Crippen LogP contribution in [-0.2, 0) is 4.79 Å². The Morgan fingerprint density at radius 2 is 1.91 bits per heavy atom. The van der Waals surface area contributed by atoms with E-state index in [0.717, 1.165) is 0 Å². The highest BCUT2D eigenvalue weighted by Gasteiger charge is 2.34. The summed E-state index contributed by atoms with van der Waals surface area (Å²) in [4.78, 5) is 26.8. The van der Waals surface area contributed by atoms with Crippen molar-refractivity contribution < 1.29 is 9.59 Å². The van der Waals surface area contributed by atoms with E-state index in [-0.39, 0.29) is 17.9 Å². The molecule has 1 N–H and O–H groups in total. The number of hydrogen-bond donors (Lipinski definition) is 1. The van der Waals surface area contributed by atoms with Gasteiger partial charge in [-0.15, -0.1) is 11.6 Å². The fourth-order valence-corrected chi connectivity index (χ4v) is 2.73. The van der Waals surface area contributed by atoms with Crippen molar-refractivity contribution in [1.82, 2.24) is 9.78 Å². The predicted octanol–water partition coefficient (Wildman–Crippen LogP) is 3.32. The second-order valence-electron chi connectivity index (χ2n) is 5.68. The van der Waals surface area contributed by atoms with Crippen LogP contribution >= 0.6 is 11.6 Å². The summed E-state index contributed by atoms with van der Waals surface area (Å²) in [6, 6.07) is 7.12. The van der Waals surface area contributed by atoms with Crippen LogP contribution in [0, 0.1) is 0 Å². The molecular weight excluding hydrogens is 316 g/mol. The number of hydrogen-bond acceptors (Lipinski definition) is 3. The molecule has 0 bridgehead atoms. The van der Waals surface area contributed by atoms with Gasteiger partial charge >= 0.3 is 0 Å². The molecule has 0 spiro atoms. The van der Waals surface area contributed by atoms with Crippen molar-refractivity contribution >= 4 is 40.5 Å². The molecule has 1 aliphatic rings. The van der Waals surface area contributed by atoms with Crippen LogP contribution in [0.15, 0.2) is 30.5 Å². The van der Waals surface area contributed by atoms with E-state index in [0.29, 0.717) is 22.8 Å². The average Bonchev–Trinajstić information content (AvgIpc) is 2.89. The molecule has 0 saturated heterocycles. The van der Waals surface area contributed by atoms with Gasteiger partial charge in [0.15, 0.2) is 5.69 Å². The zero-order chi connectivity index (χ0) is 16.7. The van der Waals surface area contributed by atoms with Gasteiger partial charge in [-0.25, -0.2) is 0 Å². The number of alkyl halides is 1. The predicted molar refractivity (Wildman–Crippen MR) is 89.5 cm³/mol. The zero-order valence-corrected chi connectivity index (χ0v) is 13.8. The third kappa shape index (κ3) is 2.49. The van der Waals surface area contributed by atoms with Crippen LogP contribution in [0.4, 0.5) is 17.1 Å². The molecule has 6 nitrogen and oxygen atoms in total. The molecule has 2 aromatic rings. The van der Waals surface area contributed by atoms with Crippen molar-refractivity contribution in [2.24, 2.45) is 0 Å². The fraction of sp³-hybridized carbons (Fsp3) is 0.312. The van der Waals surface area contributed by atoms with E-state index >= 15 is 0 Å². The van der Waals surface area contributed by atoms with Gasteiger partial charge < -0.3 is 5.32 Å². The Hall–Kier alpha value is -2.34. The van der Waals surface area contributed by atoms with Crippen molar-refractivity contribution in [3.8, 4) is 0 Å².